The van der Waals surface area contributed by atoms with Crippen molar-refractivity contribution in [3.05, 3.63) is 88.0 Å². The van der Waals surface area contributed by atoms with E-state index in [0.29, 0.717) is 46.2 Å². The molecule has 4 aliphatic rings. The number of nitrogens with zero attached hydrogens (tertiary/aromatic N) is 1. The number of hydrogen-bond donors (Lipinski definition) is 0. The second-order valence-electron chi connectivity index (χ2n) is 11.6. The number of allylic oxidation sites excluding steroid dienone is 1. The number of methoxy groups -OCH3 is 2. The number of aryl methyl sites for hydroxylation is 2. The van der Waals surface area contributed by atoms with Gasteiger partial charge in [0.1, 0.15) is 4.90 Å². The van der Waals surface area contributed by atoms with Gasteiger partial charge in [-0.1, -0.05) is 53.0 Å². The van der Waals surface area contributed by atoms with E-state index in [9.17, 15) is 22.8 Å². The van der Waals surface area contributed by atoms with E-state index in [1.165, 1.54) is 31.3 Å². The smallest absolute Gasteiger partial charge is 0.339 e. The molecule has 9 nitrogen and oxygen atoms in total. The van der Waals surface area contributed by atoms with Crippen LogP contribution in [0.4, 0.5) is 0 Å². The van der Waals surface area contributed by atoms with Crippen LogP contribution in [0.25, 0.3) is 5.57 Å². The van der Waals surface area contributed by atoms with Crippen molar-refractivity contribution >= 4 is 56.5 Å². The average Bonchev–Trinajstić information content (AvgIpc) is 3.46. The summed E-state index contributed by atoms with van der Waals surface area (Å²) in [5.74, 6) is -2.30. The number of imide groups is 1. The molecule has 0 aromatic heterocycles. The summed E-state index contributed by atoms with van der Waals surface area (Å²) >= 11 is 13.3. The molecule has 1 heterocycles. The van der Waals surface area contributed by atoms with Gasteiger partial charge < -0.3 is 13.7 Å². The summed E-state index contributed by atoms with van der Waals surface area (Å²) in [5, 5.41) is 0. The van der Waals surface area contributed by atoms with Crippen LogP contribution in [0.3, 0.4) is 0 Å². The lowest BCUT2D eigenvalue weighted by Crippen LogP contribution is -2.54. The quantitative estimate of drug-likeness (QED) is 0.191. The highest BCUT2D eigenvalue weighted by atomic mass is 35.5. The molecule has 2 unspecified atom stereocenters. The average molecular weight is 669 g/mol. The molecule has 232 valence electrons. The van der Waals surface area contributed by atoms with E-state index in [1.807, 2.05) is 6.92 Å². The summed E-state index contributed by atoms with van der Waals surface area (Å²) < 4.78 is 42.2. The van der Waals surface area contributed by atoms with E-state index in [4.69, 9.17) is 36.9 Å². The summed E-state index contributed by atoms with van der Waals surface area (Å²) in [4.78, 5) is 41.7. The second kappa shape index (κ2) is 10.3. The maximum absolute atomic E-state index is 13.7. The number of amides is 2. The van der Waals surface area contributed by atoms with Gasteiger partial charge in [-0.3, -0.25) is 19.3 Å². The molecule has 3 aromatic rings. The van der Waals surface area contributed by atoms with Crippen LogP contribution >= 0.6 is 23.2 Å². The minimum Gasteiger partial charge on any atom is -0.492 e. The maximum atomic E-state index is 13.7. The van der Waals surface area contributed by atoms with Gasteiger partial charge in [-0.2, -0.15) is 8.42 Å². The van der Waals surface area contributed by atoms with Crippen molar-refractivity contribution in [1.29, 1.82) is 0 Å². The number of ketones is 1. The van der Waals surface area contributed by atoms with Crippen LogP contribution in [-0.2, 0) is 21.3 Å². The van der Waals surface area contributed by atoms with E-state index in [2.05, 4.69) is 0 Å². The molecular formula is C33H27Cl2NO8S. The first-order chi connectivity index (χ1) is 21.4. The monoisotopic (exact) mass is 667 g/mol. The Hall–Kier alpha value is -3.86. The Morgan fingerprint density at radius 2 is 1.53 bits per heavy atom. The molecule has 3 atom stereocenters. The van der Waals surface area contributed by atoms with Gasteiger partial charge in [0, 0.05) is 17.4 Å². The topological polar surface area (TPSA) is 116 Å². The highest BCUT2D eigenvalue weighted by Crippen LogP contribution is 2.65. The Labute approximate surface area is 269 Å². The van der Waals surface area contributed by atoms with Gasteiger partial charge in [-0.05, 0) is 73.2 Å². The fraction of sp³-hybridized carbons (Fsp3) is 0.303. The first kappa shape index (κ1) is 29.8. The van der Waals surface area contributed by atoms with Gasteiger partial charge in [0.15, 0.2) is 21.6 Å². The number of ether oxygens (including phenoxy) is 2. The summed E-state index contributed by atoms with van der Waals surface area (Å²) in [6.45, 7) is 1.84. The Bertz CT molecular complexity index is 1930. The molecule has 1 aliphatic heterocycles. The zero-order valence-corrected chi connectivity index (χ0v) is 26.8. The van der Waals surface area contributed by atoms with Crippen LogP contribution in [0.5, 0.6) is 17.2 Å². The van der Waals surface area contributed by atoms with Crippen molar-refractivity contribution in [2.45, 2.75) is 41.5 Å². The molecule has 0 saturated heterocycles. The predicted molar refractivity (Wildman–Crippen MR) is 166 cm³/mol. The summed E-state index contributed by atoms with van der Waals surface area (Å²) in [6.07, 6.45) is 0.843. The molecule has 2 amide bonds. The summed E-state index contributed by atoms with van der Waals surface area (Å²) in [7, 11) is -1.50. The van der Waals surface area contributed by atoms with Gasteiger partial charge in [0.25, 0.3) is 11.8 Å². The first-order valence-corrected chi connectivity index (χ1v) is 16.5. The fourth-order valence-electron chi connectivity index (χ4n) is 7.20. The minimum atomic E-state index is -4.28. The number of hydrogen-bond acceptors (Lipinski definition) is 8. The van der Waals surface area contributed by atoms with Crippen molar-refractivity contribution in [2.24, 2.45) is 11.8 Å². The third-order valence-corrected chi connectivity index (χ3v) is 11.3. The molecule has 45 heavy (non-hydrogen) atoms. The predicted octanol–water partition coefficient (Wildman–Crippen LogP) is 5.54. The first-order valence-electron chi connectivity index (χ1n) is 14.3. The standard InChI is InChI=1S/C33H27Cl2NO8S/c1-16-8-11-18(12-9-16)45(40,41)44-24-14-17-10-13-23(36-31(38)19-6-4-5-7-20(19)32(36)39)21-15-22-27(33(34,35)30(22)37)26(21)25(17)29(43-3)28(24)42-2/h4-9,11-12,14,22-23,27H,10,13,15H2,1-3H3/t22?,23-,27?/m0/s1. The van der Waals surface area contributed by atoms with E-state index < -0.39 is 44.1 Å². The van der Waals surface area contributed by atoms with Crippen molar-refractivity contribution in [2.75, 3.05) is 14.2 Å². The zero-order chi connectivity index (χ0) is 32.0. The molecule has 3 aliphatic carbocycles. The van der Waals surface area contributed by atoms with Crippen LogP contribution in [-0.4, -0.2) is 55.5 Å². The van der Waals surface area contributed by atoms with Crippen LogP contribution < -0.4 is 13.7 Å². The Balaban J connectivity index is 1.40. The molecule has 7 rings (SSSR count). The van der Waals surface area contributed by atoms with Gasteiger partial charge in [-0.15, -0.1) is 0 Å². The summed E-state index contributed by atoms with van der Waals surface area (Å²) in [5.41, 5.74) is 3.94. The number of Topliss-reactive ketones (excluding diaryl/α,β-unsaturated/α-hetero) is 1. The maximum Gasteiger partial charge on any atom is 0.339 e. The zero-order valence-electron chi connectivity index (χ0n) is 24.4. The minimum absolute atomic E-state index is 0.0156. The highest BCUT2D eigenvalue weighted by Gasteiger charge is 2.66. The number of carbonyl (C=O) groups excluding carboxylic acids is 3. The number of alkyl halides is 2. The Morgan fingerprint density at radius 1 is 0.911 bits per heavy atom. The molecule has 0 spiro atoms. The lowest BCUT2D eigenvalue weighted by Gasteiger charge is -2.43. The molecule has 3 aromatic carbocycles. The second-order valence-corrected chi connectivity index (χ2v) is 14.6. The number of halogens is 2. The molecule has 12 heteroatoms. The normalized spacial score (nSPS) is 23.1. The SMILES string of the molecule is COc1c(OS(=O)(=O)c2ccc(C)cc2)cc2c(c1OC)C1=C(CC3C(=O)C(Cl)(Cl)C13)[C@@H](N1C(=O)c3ccccc3C1=O)CC2. The van der Waals surface area contributed by atoms with Crippen LogP contribution in [0, 0.1) is 18.8 Å². The number of fused-ring (bicyclic) bond motifs is 5. The molecular weight excluding hydrogens is 641 g/mol. The lowest BCUT2D eigenvalue weighted by atomic mass is 9.69. The van der Waals surface area contributed by atoms with E-state index >= 15 is 0 Å². The molecule has 1 saturated carbocycles. The molecule has 1 fully saturated rings. The van der Waals surface area contributed by atoms with Crippen LogP contribution in [0.15, 0.2) is 65.1 Å². The highest BCUT2D eigenvalue weighted by molar-refractivity contribution is 7.87. The van der Waals surface area contributed by atoms with Gasteiger partial charge in [0.2, 0.25) is 5.75 Å². The summed E-state index contributed by atoms with van der Waals surface area (Å²) in [6, 6.07) is 13.7. The van der Waals surface area contributed by atoms with E-state index in [1.54, 1.807) is 42.5 Å². The number of benzene rings is 3. The third kappa shape index (κ3) is 4.26. The van der Waals surface area contributed by atoms with Crippen LogP contribution in [0.1, 0.15) is 50.2 Å². The van der Waals surface area contributed by atoms with E-state index in [0.717, 1.165) is 5.56 Å². The number of rotatable bonds is 6. The molecule has 0 radical (unpaired) electrons. The Kier molecular flexibility index (Phi) is 6.85. The Morgan fingerprint density at radius 3 is 2.13 bits per heavy atom. The van der Waals surface area contributed by atoms with Gasteiger partial charge >= 0.3 is 10.1 Å². The fourth-order valence-corrected chi connectivity index (χ4v) is 8.93. The van der Waals surface area contributed by atoms with Crippen molar-refractivity contribution < 1.29 is 36.5 Å². The van der Waals surface area contributed by atoms with Crippen LogP contribution in [0.2, 0.25) is 0 Å². The number of carbonyl (C=O) groups is 3. The lowest BCUT2D eigenvalue weighted by molar-refractivity contribution is -0.132. The van der Waals surface area contributed by atoms with Crippen molar-refractivity contribution in [1.82, 2.24) is 4.90 Å². The van der Waals surface area contributed by atoms with Crippen molar-refractivity contribution in [3.8, 4) is 17.2 Å². The third-order valence-electron chi connectivity index (χ3n) is 9.25. The van der Waals surface area contributed by atoms with Crippen molar-refractivity contribution in [3.63, 3.8) is 0 Å². The largest absolute Gasteiger partial charge is 0.492 e. The van der Waals surface area contributed by atoms with E-state index in [-0.39, 0.29) is 34.3 Å². The van der Waals surface area contributed by atoms with Gasteiger partial charge in [-0.25, -0.2) is 0 Å². The molecule has 0 bridgehead atoms. The molecule has 0 N–H and O–H groups in total. The van der Waals surface area contributed by atoms with Gasteiger partial charge in [0.05, 0.1) is 31.4 Å².